The third-order valence-corrected chi connectivity index (χ3v) is 3.46. The summed E-state index contributed by atoms with van der Waals surface area (Å²) in [6.45, 7) is 5.61. The van der Waals surface area contributed by atoms with Crippen LogP contribution >= 0.6 is 0 Å². The van der Waals surface area contributed by atoms with Gasteiger partial charge in [-0.1, -0.05) is 26.7 Å². The van der Waals surface area contributed by atoms with E-state index in [1.165, 1.54) is 0 Å². The Bertz CT molecular complexity index is 218. The molecule has 1 N–H and O–H groups in total. The first kappa shape index (κ1) is 13.5. The molecule has 3 nitrogen and oxygen atoms in total. The Kier molecular flexibility index (Phi) is 5.81. The van der Waals surface area contributed by atoms with Gasteiger partial charge in [0.25, 0.3) is 0 Å². The molecule has 3 heteroatoms. The summed E-state index contributed by atoms with van der Waals surface area (Å²) in [6.07, 6.45) is 5.67. The zero-order valence-electron chi connectivity index (χ0n) is 10.6. The SMILES string of the molecule is CCCC[C@@H](CC)C(=O)N1CCC[C@H](O)C1. The number of carbonyl (C=O) groups is 1. The fourth-order valence-corrected chi connectivity index (χ4v) is 2.37. The predicted molar refractivity (Wildman–Crippen MR) is 65.1 cm³/mol. The van der Waals surface area contributed by atoms with Crippen LogP contribution in [0.3, 0.4) is 0 Å². The third kappa shape index (κ3) is 3.78. The van der Waals surface area contributed by atoms with Crippen LogP contribution in [0.5, 0.6) is 0 Å². The van der Waals surface area contributed by atoms with Crippen molar-refractivity contribution in [2.75, 3.05) is 13.1 Å². The van der Waals surface area contributed by atoms with E-state index < -0.39 is 0 Å². The van der Waals surface area contributed by atoms with E-state index in [0.717, 1.165) is 45.1 Å². The van der Waals surface area contributed by atoms with Crippen molar-refractivity contribution in [3.63, 3.8) is 0 Å². The first-order valence-corrected chi connectivity index (χ1v) is 6.65. The van der Waals surface area contributed by atoms with Gasteiger partial charge in [-0.3, -0.25) is 4.79 Å². The summed E-state index contributed by atoms with van der Waals surface area (Å²) in [6, 6.07) is 0. The van der Waals surface area contributed by atoms with Crippen molar-refractivity contribution >= 4 is 5.91 Å². The molecule has 1 saturated heterocycles. The number of carbonyl (C=O) groups excluding carboxylic acids is 1. The number of hydrogen-bond donors (Lipinski definition) is 1. The van der Waals surface area contributed by atoms with E-state index in [-0.39, 0.29) is 17.9 Å². The van der Waals surface area contributed by atoms with Crippen molar-refractivity contribution in [2.45, 2.75) is 58.5 Å². The molecule has 1 aliphatic rings. The van der Waals surface area contributed by atoms with Gasteiger partial charge in [0.1, 0.15) is 0 Å². The smallest absolute Gasteiger partial charge is 0.225 e. The fraction of sp³-hybridized carbons (Fsp3) is 0.923. The maximum atomic E-state index is 12.2. The molecule has 0 aromatic rings. The van der Waals surface area contributed by atoms with Crippen molar-refractivity contribution in [1.29, 1.82) is 0 Å². The summed E-state index contributed by atoms with van der Waals surface area (Å²) < 4.78 is 0. The van der Waals surface area contributed by atoms with Crippen LogP contribution in [0.2, 0.25) is 0 Å². The Balaban J connectivity index is 2.46. The molecule has 1 amide bonds. The molecule has 94 valence electrons. The molecule has 0 radical (unpaired) electrons. The molecular weight excluding hydrogens is 202 g/mol. The molecule has 0 bridgehead atoms. The molecule has 2 atom stereocenters. The molecule has 0 aromatic heterocycles. The number of β-amino-alcohol motifs (C(OH)–C–C–N with tert-alkyl or cyclic N) is 1. The highest BCUT2D eigenvalue weighted by Crippen LogP contribution is 2.19. The lowest BCUT2D eigenvalue weighted by Gasteiger charge is -2.32. The fourth-order valence-electron chi connectivity index (χ4n) is 2.37. The van der Waals surface area contributed by atoms with Gasteiger partial charge in [0.2, 0.25) is 5.91 Å². The van der Waals surface area contributed by atoms with Gasteiger partial charge in [-0.2, -0.15) is 0 Å². The van der Waals surface area contributed by atoms with E-state index in [9.17, 15) is 9.90 Å². The Morgan fingerprint density at radius 2 is 2.25 bits per heavy atom. The highest BCUT2D eigenvalue weighted by atomic mass is 16.3. The summed E-state index contributed by atoms with van der Waals surface area (Å²) in [4.78, 5) is 14.1. The maximum Gasteiger partial charge on any atom is 0.225 e. The van der Waals surface area contributed by atoms with Crippen LogP contribution in [0.15, 0.2) is 0 Å². The van der Waals surface area contributed by atoms with E-state index in [2.05, 4.69) is 13.8 Å². The highest BCUT2D eigenvalue weighted by molar-refractivity contribution is 5.78. The number of piperidine rings is 1. The van der Waals surface area contributed by atoms with Crippen molar-refractivity contribution < 1.29 is 9.90 Å². The maximum absolute atomic E-state index is 12.2. The van der Waals surface area contributed by atoms with Crippen molar-refractivity contribution in [3.05, 3.63) is 0 Å². The monoisotopic (exact) mass is 227 g/mol. The van der Waals surface area contributed by atoms with E-state index in [1.54, 1.807) is 0 Å². The number of aliphatic hydroxyl groups excluding tert-OH is 1. The quantitative estimate of drug-likeness (QED) is 0.782. The van der Waals surface area contributed by atoms with Crippen LogP contribution in [0.1, 0.15) is 52.4 Å². The zero-order chi connectivity index (χ0) is 12.0. The number of likely N-dealkylation sites (tertiary alicyclic amines) is 1. The van der Waals surface area contributed by atoms with Gasteiger partial charge in [-0.25, -0.2) is 0 Å². The zero-order valence-corrected chi connectivity index (χ0v) is 10.6. The van der Waals surface area contributed by atoms with Gasteiger partial charge in [-0.05, 0) is 25.7 Å². The molecule has 16 heavy (non-hydrogen) atoms. The first-order valence-electron chi connectivity index (χ1n) is 6.65. The van der Waals surface area contributed by atoms with Crippen LogP contribution in [0, 0.1) is 5.92 Å². The molecule has 1 fully saturated rings. The van der Waals surface area contributed by atoms with Gasteiger partial charge in [0, 0.05) is 19.0 Å². The standard InChI is InChI=1S/C13H25NO2/c1-3-5-7-11(4-2)13(16)14-9-6-8-12(15)10-14/h11-12,15H,3-10H2,1-2H3/t11-,12+/m1/s1. The number of nitrogens with zero attached hydrogens (tertiary/aromatic N) is 1. The first-order chi connectivity index (χ1) is 7.69. The second kappa shape index (κ2) is 6.89. The Morgan fingerprint density at radius 1 is 1.50 bits per heavy atom. The number of unbranched alkanes of at least 4 members (excludes halogenated alkanes) is 1. The minimum atomic E-state index is -0.304. The average molecular weight is 227 g/mol. The lowest BCUT2D eigenvalue weighted by Crippen LogP contribution is -2.44. The van der Waals surface area contributed by atoms with Crippen molar-refractivity contribution in [1.82, 2.24) is 4.90 Å². The van der Waals surface area contributed by atoms with Gasteiger partial charge in [0.05, 0.1) is 6.10 Å². The Morgan fingerprint density at radius 3 is 2.81 bits per heavy atom. The summed E-state index contributed by atoms with van der Waals surface area (Å²) in [5, 5.41) is 9.57. The molecule has 0 unspecified atom stereocenters. The van der Waals surface area contributed by atoms with E-state index in [1.807, 2.05) is 4.90 Å². The molecule has 0 saturated carbocycles. The number of amides is 1. The molecule has 0 aromatic carbocycles. The van der Waals surface area contributed by atoms with Crippen LogP contribution in [-0.4, -0.2) is 35.1 Å². The summed E-state index contributed by atoms with van der Waals surface area (Å²) in [5.74, 6) is 0.431. The summed E-state index contributed by atoms with van der Waals surface area (Å²) in [7, 11) is 0. The van der Waals surface area contributed by atoms with Gasteiger partial charge < -0.3 is 10.0 Å². The van der Waals surface area contributed by atoms with Crippen LogP contribution in [-0.2, 0) is 4.79 Å². The highest BCUT2D eigenvalue weighted by Gasteiger charge is 2.26. The Hall–Kier alpha value is -0.570. The molecule has 0 spiro atoms. The van der Waals surface area contributed by atoms with Gasteiger partial charge in [0.15, 0.2) is 0 Å². The Labute approximate surface area is 98.8 Å². The van der Waals surface area contributed by atoms with E-state index >= 15 is 0 Å². The number of rotatable bonds is 5. The normalized spacial score (nSPS) is 23.2. The predicted octanol–water partition coefficient (Wildman–Crippen LogP) is 2.19. The summed E-state index contributed by atoms with van der Waals surface area (Å²) in [5.41, 5.74) is 0. The largest absolute Gasteiger partial charge is 0.391 e. The second-order valence-electron chi connectivity index (χ2n) is 4.83. The van der Waals surface area contributed by atoms with Crippen LogP contribution < -0.4 is 0 Å². The lowest BCUT2D eigenvalue weighted by molar-refractivity contribution is -0.139. The lowest BCUT2D eigenvalue weighted by atomic mass is 9.96. The second-order valence-corrected chi connectivity index (χ2v) is 4.83. The molecular formula is C13H25NO2. The number of hydrogen-bond acceptors (Lipinski definition) is 2. The van der Waals surface area contributed by atoms with Crippen LogP contribution in [0.25, 0.3) is 0 Å². The molecule has 0 aliphatic carbocycles. The molecule has 1 rings (SSSR count). The molecule has 1 aliphatic heterocycles. The van der Waals surface area contributed by atoms with Crippen molar-refractivity contribution in [2.24, 2.45) is 5.92 Å². The average Bonchev–Trinajstić information content (AvgIpc) is 2.29. The number of aliphatic hydroxyl groups is 1. The summed E-state index contributed by atoms with van der Waals surface area (Å²) >= 11 is 0. The van der Waals surface area contributed by atoms with E-state index in [4.69, 9.17) is 0 Å². The van der Waals surface area contributed by atoms with Crippen molar-refractivity contribution in [3.8, 4) is 0 Å². The van der Waals surface area contributed by atoms with Crippen LogP contribution in [0.4, 0.5) is 0 Å². The van der Waals surface area contributed by atoms with Gasteiger partial charge >= 0.3 is 0 Å². The third-order valence-electron chi connectivity index (χ3n) is 3.46. The minimum Gasteiger partial charge on any atom is -0.391 e. The topological polar surface area (TPSA) is 40.5 Å². The molecule has 1 heterocycles. The van der Waals surface area contributed by atoms with Gasteiger partial charge in [-0.15, -0.1) is 0 Å². The van der Waals surface area contributed by atoms with E-state index in [0.29, 0.717) is 6.54 Å². The minimum absolute atomic E-state index is 0.172.